The van der Waals surface area contributed by atoms with Gasteiger partial charge >= 0.3 is 12.4 Å². The average molecular weight is 357 g/mol. The number of nitrogens with zero attached hydrogens (tertiary/aromatic N) is 1. The number of benzene rings is 2. The first-order valence-corrected chi connectivity index (χ1v) is 6.96. The highest BCUT2D eigenvalue weighted by Gasteiger charge is 2.31. The second kappa shape index (κ2) is 5.94. The van der Waals surface area contributed by atoms with E-state index in [1.165, 1.54) is 30.3 Å². The highest BCUT2D eigenvalue weighted by atomic mass is 19.4. The van der Waals surface area contributed by atoms with Gasteiger partial charge in [0.25, 0.3) is 0 Å². The summed E-state index contributed by atoms with van der Waals surface area (Å²) in [5.74, 6) is 0.0264. The van der Waals surface area contributed by atoms with Crippen LogP contribution in [0.25, 0.3) is 22.6 Å². The molecule has 0 amide bonds. The van der Waals surface area contributed by atoms with Crippen LogP contribution in [0.4, 0.5) is 26.3 Å². The largest absolute Gasteiger partial charge is 0.416 e. The van der Waals surface area contributed by atoms with Crippen LogP contribution < -0.4 is 0 Å². The normalized spacial score (nSPS) is 12.4. The second-order valence-corrected chi connectivity index (χ2v) is 5.23. The van der Waals surface area contributed by atoms with Crippen molar-refractivity contribution in [3.05, 3.63) is 65.7 Å². The topological polar surface area (TPSA) is 26.0 Å². The zero-order valence-corrected chi connectivity index (χ0v) is 12.3. The molecule has 0 fully saturated rings. The van der Waals surface area contributed by atoms with Crippen molar-refractivity contribution < 1.29 is 30.9 Å². The molecule has 0 saturated heterocycles. The van der Waals surface area contributed by atoms with Gasteiger partial charge in [-0.25, -0.2) is 0 Å². The van der Waals surface area contributed by atoms with Gasteiger partial charge in [-0.15, -0.1) is 0 Å². The minimum Gasteiger partial charge on any atom is -0.356 e. The first-order chi connectivity index (χ1) is 11.6. The van der Waals surface area contributed by atoms with E-state index in [4.69, 9.17) is 4.52 Å². The summed E-state index contributed by atoms with van der Waals surface area (Å²) in [6.45, 7) is 0. The van der Waals surface area contributed by atoms with Crippen molar-refractivity contribution in [2.45, 2.75) is 12.4 Å². The predicted molar refractivity (Wildman–Crippen MR) is 77.4 cm³/mol. The third kappa shape index (κ3) is 3.67. The Morgan fingerprint density at radius 3 is 1.76 bits per heavy atom. The molecule has 0 unspecified atom stereocenters. The van der Waals surface area contributed by atoms with Gasteiger partial charge in [0.05, 0.1) is 11.1 Å². The van der Waals surface area contributed by atoms with Crippen LogP contribution in [-0.2, 0) is 12.4 Å². The van der Waals surface area contributed by atoms with Gasteiger partial charge in [-0.3, -0.25) is 0 Å². The third-order valence-electron chi connectivity index (χ3n) is 3.47. The molecule has 0 saturated carbocycles. The summed E-state index contributed by atoms with van der Waals surface area (Å²) in [4.78, 5) is 0. The number of hydrogen-bond acceptors (Lipinski definition) is 2. The van der Waals surface area contributed by atoms with Crippen LogP contribution in [0.2, 0.25) is 0 Å². The van der Waals surface area contributed by atoms with Crippen LogP contribution in [0.1, 0.15) is 11.1 Å². The maximum Gasteiger partial charge on any atom is 0.416 e. The average Bonchev–Trinajstić information content (AvgIpc) is 3.04. The van der Waals surface area contributed by atoms with Crippen molar-refractivity contribution >= 4 is 0 Å². The van der Waals surface area contributed by atoms with Crippen molar-refractivity contribution in [1.29, 1.82) is 0 Å². The molecular weight excluding hydrogens is 348 g/mol. The Morgan fingerprint density at radius 2 is 1.20 bits per heavy atom. The molecule has 0 aliphatic heterocycles. The Morgan fingerprint density at radius 1 is 0.680 bits per heavy atom. The second-order valence-electron chi connectivity index (χ2n) is 5.23. The Kier molecular flexibility index (Phi) is 4.06. The molecule has 1 heterocycles. The summed E-state index contributed by atoms with van der Waals surface area (Å²) in [5, 5.41) is 3.65. The molecule has 3 rings (SSSR count). The molecule has 0 atom stereocenters. The maximum absolute atomic E-state index is 12.8. The fourth-order valence-electron chi connectivity index (χ4n) is 2.25. The summed E-state index contributed by atoms with van der Waals surface area (Å²) >= 11 is 0. The molecule has 2 aromatic carbocycles. The van der Waals surface area contributed by atoms with Crippen molar-refractivity contribution in [3.8, 4) is 22.6 Å². The lowest BCUT2D eigenvalue weighted by molar-refractivity contribution is -0.138. The molecule has 0 bridgehead atoms. The third-order valence-corrected chi connectivity index (χ3v) is 3.47. The lowest BCUT2D eigenvalue weighted by Crippen LogP contribution is -2.04. The van der Waals surface area contributed by atoms with Gasteiger partial charge in [0.2, 0.25) is 0 Å². The Labute approximate surface area is 137 Å². The summed E-state index contributed by atoms with van der Waals surface area (Å²) < 4.78 is 81.5. The number of hydrogen-bond donors (Lipinski definition) is 0. The fourth-order valence-corrected chi connectivity index (χ4v) is 2.25. The minimum absolute atomic E-state index is 0.0264. The Hall–Kier alpha value is -2.77. The molecule has 3 aromatic rings. The molecule has 0 aliphatic carbocycles. The molecule has 8 heteroatoms. The SMILES string of the molecule is FC(F)(F)c1cccc(-c2cc(-c3cccc(C(F)(F)F)c3)on2)c1. The van der Waals surface area contributed by atoms with Gasteiger partial charge in [0.15, 0.2) is 5.76 Å². The van der Waals surface area contributed by atoms with E-state index >= 15 is 0 Å². The van der Waals surface area contributed by atoms with Gasteiger partial charge in [-0.2, -0.15) is 26.3 Å². The number of halogens is 6. The molecule has 25 heavy (non-hydrogen) atoms. The molecule has 0 N–H and O–H groups in total. The highest BCUT2D eigenvalue weighted by Crippen LogP contribution is 2.35. The number of rotatable bonds is 2. The van der Waals surface area contributed by atoms with E-state index in [1.54, 1.807) is 0 Å². The van der Waals surface area contributed by atoms with Gasteiger partial charge < -0.3 is 4.52 Å². The van der Waals surface area contributed by atoms with Crippen LogP contribution in [0.15, 0.2) is 59.1 Å². The van der Waals surface area contributed by atoms with E-state index in [9.17, 15) is 26.3 Å². The van der Waals surface area contributed by atoms with Crippen LogP contribution in [-0.4, -0.2) is 5.16 Å². The number of alkyl halides is 6. The van der Waals surface area contributed by atoms with E-state index in [1.807, 2.05) is 0 Å². The van der Waals surface area contributed by atoms with E-state index < -0.39 is 23.5 Å². The summed E-state index contributed by atoms with van der Waals surface area (Å²) in [6, 6.07) is 10.1. The van der Waals surface area contributed by atoms with Crippen LogP contribution in [0.3, 0.4) is 0 Å². The van der Waals surface area contributed by atoms with Gasteiger partial charge in [-0.1, -0.05) is 29.4 Å². The summed E-state index contributed by atoms with van der Waals surface area (Å²) in [5.41, 5.74) is -1.34. The van der Waals surface area contributed by atoms with Gasteiger partial charge in [0.1, 0.15) is 5.69 Å². The van der Waals surface area contributed by atoms with Crippen LogP contribution in [0, 0.1) is 0 Å². The lowest BCUT2D eigenvalue weighted by atomic mass is 10.1. The molecule has 0 spiro atoms. The zero-order valence-electron chi connectivity index (χ0n) is 12.3. The van der Waals surface area contributed by atoms with E-state index in [2.05, 4.69) is 5.16 Å². The Balaban J connectivity index is 1.96. The van der Waals surface area contributed by atoms with E-state index in [-0.39, 0.29) is 22.6 Å². The van der Waals surface area contributed by atoms with Crippen molar-refractivity contribution in [1.82, 2.24) is 5.16 Å². The monoisotopic (exact) mass is 357 g/mol. The molecule has 1 aromatic heterocycles. The molecule has 0 radical (unpaired) electrons. The number of aromatic nitrogens is 1. The minimum atomic E-state index is -4.51. The van der Waals surface area contributed by atoms with Gasteiger partial charge in [0, 0.05) is 17.2 Å². The molecule has 2 nitrogen and oxygen atoms in total. The van der Waals surface area contributed by atoms with Crippen molar-refractivity contribution in [2.24, 2.45) is 0 Å². The van der Waals surface area contributed by atoms with Gasteiger partial charge in [-0.05, 0) is 24.3 Å². The molecular formula is C17H9F6NO. The van der Waals surface area contributed by atoms with Crippen LogP contribution in [0.5, 0.6) is 0 Å². The molecule has 130 valence electrons. The smallest absolute Gasteiger partial charge is 0.356 e. The maximum atomic E-state index is 12.8. The van der Waals surface area contributed by atoms with E-state index in [0.29, 0.717) is 0 Å². The van der Waals surface area contributed by atoms with Crippen molar-refractivity contribution in [3.63, 3.8) is 0 Å². The first-order valence-electron chi connectivity index (χ1n) is 6.96. The highest BCUT2D eigenvalue weighted by molar-refractivity contribution is 5.67. The zero-order chi connectivity index (χ0) is 18.2. The van der Waals surface area contributed by atoms with E-state index in [0.717, 1.165) is 24.3 Å². The summed E-state index contributed by atoms with van der Waals surface area (Å²) in [7, 11) is 0. The Bertz CT molecular complexity index is 822. The van der Waals surface area contributed by atoms with Crippen LogP contribution >= 0.6 is 0 Å². The fraction of sp³-hybridized carbons (Fsp3) is 0.118. The molecule has 0 aliphatic rings. The quantitative estimate of drug-likeness (QED) is 0.522. The summed E-state index contributed by atoms with van der Waals surface area (Å²) in [6.07, 6.45) is -9.02. The standard InChI is InChI=1S/C17H9F6NO/c18-16(19,20)12-5-1-3-10(7-12)14-9-15(25-24-14)11-4-2-6-13(8-11)17(21,22)23/h1-9H. The lowest BCUT2D eigenvalue weighted by Gasteiger charge is -2.07. The first kappa shape index (κ1) is 17.1. The predicted octanol–water partition coefficient (Wildman–Crippen LogP) is 6.05. The van der Waals surface area contributed by atoms with Crippen molar-refractivity contribution in [2.75, 3.05) is 0 Å².